The zero-order valence-electron chi connectivity index (χ0n) is 17.9. The number of carbonyl (C=O) groups is 1. The standard InChI is InChI=1S/C25H29N5O/c31-25(27-21-12-11-17-6-1-2-8-19(17)21)18-7-5-14-29(16-18)24-23-20-9-3-4-10-22(20)28-30(23)15-13-26-24/h1-2,6,8,13,15,18,21H,3-5,7,9-12,14,16H2,(H,27,31)/t18-,21+/m1/s1. The average Bonchev–Trinajstić information content (AvgIpc) is 3.40. The Kier molecular flexibility index (Phi) is 4.66. The van der Waals surface area contributed by atoms with E-state index in [2.05, 4.69) is 34.5 Å². The van der Waals surface area contributed by atoms with Crippen molar-refractivity contribution >= 4 is 17.2 Å². The number of nitrogens with zero attached hydrogens (tertiary/aromatic N) is 4. The summed E-state index contributed by atoms with van der Waals surface area (Å²) >= 11 is 0. The van der Waals surface area contributed by atoms with Crippen molar-refractivity contribution in [2.24, 2.45) is 5.92 Å². The van der Waals surface area contributed by atoms with Crippen molar-refractivity contribution < 1.29 is 4.79 Å². The van der Waals surface area contributed by atoms with Gasteiger partial charge in [-0.1, -0.05) is 24.3 Å². The van der Waals surface area contributed by atoms with Crippen LogP contribution in [0.2, 0.25) is 0 Å². The SMILES string of the molecule is O=C(N[C@H]1CCc2ccccc21)[C@@H]1CCCN(c2nccn3nc4c(c23)CCCC4)C1. The lowest BCUT2D eigenvalue weighted by Gasteiger charge is -2.34. The van der Waals surface area contributed by atoms with Crippen molar-refractivity contribution in [2.45, 2.75) is 57.4 Å². The van der Waals surface area contributed by atoms with Gasteiger partial charge in [-0.15, -0.1) is 0 Å². The number of nitrogens with one attached hydrogen (secondary N) is 1. The highest BCUT2D eigenvalue weighted by Crippen LogP contribution is 2.34. The van der Waals surface area contributed by atoms with E-state index in [1.165, 1.54) is 35.2 Å². The van der Waals surface area contributed by atoms with Gasteiger partial charge in [-0.3, -0.25) is 4.79 Å². The van der Waals surface area contributed by atoms with E-state index in [-0.39, 0.29) is 17.9 Å². The minimum atomic E-state index is 0.00214. The lowest BCUT2D eigenvalue weighted by molar-refractivity contribution is -0.126. The van der Waals surface area contributed by atoms with Crippen molar-refractivity contribution in [1.82, 2.24) is 19.9 Å². The molecular formula is C25H29N5O. The molecule has 3 heterocycles. The van der Waals surface area contributed by atoms with Crippen LogP contribution in [0.4, 0.5) is 5.82 Å². The lowest BCUT2D eigenvalue weighted by Crippen LogP contribution is -2.44. The van der Waals surface area contributed by atoms with Crippen LogP contribution in [0.5, 0.6) is 0 Å². The molecule has 160 valence electrons. The van der Waals surface area contributed by atoms with E-state index in [0.29, 0.717) is 0 Å². The zero-order valence-corrected chi connectivity index (χ0v) is 17.9. The van der Waals surface area contributed by atoms with Crippen molar-refractivity contribution in [1.29, 1.82) is 0 Å². The van der Waals surface area contributed by atoms with Gasteiger partial charge in [-0.05, 0) is 62.5 Å². The number of fused-ring (bicyclic) bond motifs is 4. The maximum atomic E-state index is 13.2. The Balaban J connectivity index is 1.23. The number of amides is 1. The smallest absolute Gasteiger partial charge is 0.225 e. The number of hydrogen-bond acceptors (Lipinski definition) is 4. The molecule has 1 fully saturated rings. The first-order valence-corrected chi connectivity index (χ1v) is 11.8. The molecule has 1 saturated heterocycles. The molecule has 1 amide bonds. The molecule has 2 aromatic heterocycles. The number of anilines is 1. The van der Waals surface area contributed by atoms with Crippen LogP contribution < -0.4 is 10.2 Å². The molecule has 1 N–H and O–H groups in total. The quantitative estimate of drug-likeness (QED) is 0.710. The Labute approximate surface area is 182 Å². The third-order valence-electron chi connectivity index (χ3n) is 7.34. The molecule has 1 aromatic carbocycles. The molecular weight excluding hydrogens is 386 g/mol. The van der Waals surface area contributed by atoms with Gasteiger partial charge in [-0.25, -0.2) is 9.50 Å². The van der Waals surface area contributed by atoms with Gasteiger partial charge in [0.1, 0.15) is 5.52 Å². The number of hydrogen-bond donors (Lipinski definition) is 1. The van der Waals surface area contributed by atoms with Crippen LogP contribution in [-0.4, -0.2) is 33.6 Å². The normalized spacial score (nSPS) is 22.9. The van der Waals surface area contributed by atoms with Gasteiger partial charge in [0.2, 0.25) is 5.91 Å². The largest absolute Gasteiger partial charge is 0.354 e. The second-order valence-corrected chi connectivity index (χ2v) is 9.26. The molecule has 6 heteroatoms. The van der Waals surface area contributed by atoms with E-state index >= 15 is 0 Å². The van der Waals surface area contributed by atoms with Crippen LogP contribution in [0.1, 0.15) is 60.5 Å². The maximum absolute atomic E-state index is 13.2. The third kappa shape index (κ3) is 3.29. The predicted molar refractivity (Wildman–Crippen MR) is 120 cm³/mol. The van der Waals surface area contributed by atoms with Gasteiger partial charge in [0.25, 0.3) is 0 Å². The summed E-state index contributed by atoms with van der Waals surface area (Å²) in [6.45, 7) is 1.68. The molecule has 3 aromatic rings. The molecule has 1 aliphatic heterocycles. The van der Waals surface area contributed by atoms with E-state index in [1.807, 2.05) is 16.9 Å². The van der Waals surface area contributed by atoms with E-state index in [1.54, 1.807) is 0 Å². The number of benzene rings is 1. The molecule has 0 radical (unpaired) electrons. The summed E-state index contributed by atoms with van der Waals surface area (Å²) in [6, 6.07) is 8.66. The first-order valence-electron chi connectivity index (χ1n) is 11.8. The van der Waals surface area contributed by atoms with Gasteiger partial charge < -0.3 is 10.2 Å². The molecule has 0 bridgehead atoms. The van der Waals surface area contributed by atoms with E-state index in [9.17, 15) is 4.79 Å². The van der Waals surface area contributed by atoms with Gasteiger partial charge in [0.05, 0.1) is 17.7 Å². The highest BCUT2D eigenvalue weighted by molar-refractivity contribution is 5.81. The number of rotatable bonds is 3. The molecule has 6 nitrogen and oxygen atoms in total. The second-order valence-electron chi connectivity index (χ2n) is 9.26. The molecule has 0 spiro atoms. The van der Waals surface area contributed by atoms with Gasteiger partial charge in [0.15, 0.2) is 5.82 Å². The summed E-state index contributed by atoms with van der Waals surface area (Å²) in [7, 11) is 0. The van der Waals surface area contributed by atoms with Crippen molar-refractivity contribution in [3.63, 3.8) is 0 Å². The van der Waals surface area contributed by atoms with Crippen LogP contribution >= 0.6 is 0 Å². The Bertz CT molecular complexity index is 1140. The number of carbonyl (C=O) groups excluding carboxylic acids is 1. The van der Waals surface area contributed by atoms with Crippen molar-refractivity contribution in [2.75, 3.05) is 18.0 Å². The minimum Gasteiger partial charge on any atom is -0.354 e. The Hall–Kier alpha value is -2.89. The Morgan fingerprint density at radius 3 is 2.94 bits per heavy atom. The van der Waals surface area contributed by atoms with Gasteiger partial charge in [-0.2, -0.15) is 5.10 Å². The first kappa shape index (κ1) is 18.8. The highest BCUT2D eigenvalue weighted by Gasteiger charge is 2.32. The maximum Gasteiger partial charge on any atom is 0.225 e. The summed E-state index contributed by atoms with van der Waals surface area (Å²) in [5.41, 5.74) is 6.42. The Morgan fingerprint density at radius 1 is 1.06 bits per heavy atom. The fourth-order valence-corrected chi connectivity index (χ4v) is 5.76. The van der Waals surface area contributed by atoms with Crippen LogP contribution in [0.3, 0.4) is 0 Å². The Morgan fingerprint density at radius 2 is 1.97 bits per heavy atom. The number of aromatic nitrogens is 3. The zero-order chi connectivity index (χ0) is 20.8. The molecule has 2 aliphatic carbocycles. The highest BCUT2D eigenvalue weighted by atomic mass is 16.2. The minimum absolute atomic E-state index is 0.00214. The van der Waals surface area contributed by atoms with Crippen LogP contribution in [0, 0.1) is 5.92 Å². The second kappa shape index (κ2) is 7.66. The monoisotopic (exact) mass is 415 g/mol. The summed E-state index contributed by atoms with van der Waals surface area (Å²) < 4.78 is 2.01. The van der Waals surface area contributed by atoms with E-state index < -0.39 is 0 Å². The van der Waals surface area contributed by atoms with Crippen molar-refractivity contribution in [3.05, 3.63) is 59.0 Å². The van der Waals surface area contributed by atoms with Crippen LogP contribution in [0.25, 0.3) is 5.52 Å². The molecule has 6 rings (SSSR count). The topological polar surface area (TPSA) is 62.5 Å². The van der Waals surface area contributed by atoms with Crippen LogP contribution in [-0.2, 0) is 24.1 Å². The molecule has 0 saturated carbocycles. The van der Waals surface area contributed by atoms with E-state index in [0.717, 1.165) is 62.9 Å². The lowest BCUT2D eigenvalue weighted by atomic mass is 9.95. The van der Waals surface area contributed by atoms with Crippen molar-refractivity contribution in [3.8, 4) is 0 Å². The molecule has 3 aliphatic rings. The fourth-order valence-electron chi connectivity index (χ4n) is 5.76. The first-order chi connectivity index (χ1) is 15.3. The average molecular weight is 416 g/mol. The summed E-state index contributed by atoms with van der Waals surface area (Å²) in [5.74, 6) is 1.19. The summed E-state index contributed by atoms with van der Waals surface area (Å²) in [5, 5.41) is 8.18. The summed E-state index contributed by atoms with van der Waals surface area (Å²) in [4.78, 5) is 20.3. The third-order valence-corrected chi connectivity index (χ3v) is 7.34. The summed E-state index contributed by atoms with van der Waals surface area (Å²) in [6.07, 6.45) is 12.4. The predicted octanol–water partition coefficient (Wildman–Crippen LogP) is 3.63. The van der Waals surface area contributed by atoms with E-state index in [4.69, 9.17) is 10.1 Å². The molecule has 2 atom stereocenters. The number of aryl methyl sites for hydroxylation is 3. The van der Waals surface area contributed by atoms with Gasteiger partial charge >= 0.3 is 0 Å². The molecule has 31 heavy (non-hydrogen) atoms. The molecule has 0 unspecified atom stereocenters. The number of piperidine rings is 1. The van der Waals surface area contributed by atoms with Gasteiger partial charge in [0, 0.05) is 31.0 Å². The van der Waals surface area contributed by atoms with Crippen LogP contribution in [0.15, 0.2) is 36.7 Å². The fraction of sp³-hybridized carbons (Fsp3) is 0.480.